The normalized spacial score (nSPS) is 11.3. The zero-order valence-corrected chi connectivity index (χ0v) is 26.3. The average Bonchev–Trinajstić information content (AvgIpc) is 3.47. The Morgan fingerprint density at radius 3 is 1.48 bits per heavy atom. The lowest BCUT2D eigenvalue weighted by molar-refractivity contribution is 1.59. The van der Waals surface area contributed by atoms with Crippen molar-refractivity contribution in [2.45, 2.75) is 0 Å². The number of benzene rings is 7. The zero-order valence-electron chi connectivity index (χ0n) is 23.9. The highest BCUT2D eigenvalue weighted by molar-refractivity contribution is 9.10. The molecule has 44 heavy (non-hydrogen) atoms. The molecule has 8 rings (SSSR count). The van der Waals surface area contributed by atoms with E-state index in [0.29, 0.717) is 0 Å². The summed E-state index contributed by atoms with van der Waals surface area (Å²) in [7, 11) is 0. The van der Waals surface area contributed by atoms with E-state index in [2.05, 4.69) is 180 Å². The quantitative estimate of drug-likeness (QED) is 0.175. The Labute approximate surface area is 270 Å². The lowest BCUT2D eigenvalue weighted by atomic mass is 9.93. The molecule has 0 radical (unpaired) electrons. The minimum Gasteiger partial charge on any atom is -0.135 e. The van der Waals surface area contributed by atoms with Gasteiger partial charge in [-0.25, -0.2) is 0 Å². The van der Waals surface area contributed by atoms with Gasteiger partial charge in [-0.2, -0.15) is 0 Å². The Morgan fingerprint density at radius 2 is 0.841 bits per heavy atom. The van der Waals surface area contributed by atoms with Crippen LogP contribution < -0.4 is 0 Å². The highest BCUT2D eigenvalue weighted by Gasteiger charge is 2.15. The molecule has 0 amide bonds. The summed E-state index contributed by atoms with van der Waals surface area (Å²) >= 11 is 5.60. The smallest absolute Gasteiger partial charge is 0.0434 e. The Balaban J connectivity index is 1.33. The summed E-state index contributed by atoms with van der Waals surface area (Å²) in [5, 5.41) is 2.59. The third kappa shape index (κ3) is 5.07. The number of fused-ring (bicyclic) bond motifs is 3. The Morgan fingerprint density at radius 1 is 0.341 bits per heavy atom. The second-order valence-electron chi connectivity index (χ2n) is 11.1. The molecule has 0 aliphatic carbocycles. The second kappa shape index (κ2) is 11.4. The van der Waals surface area contributed by atoms with Crippen molar-refractivity contribution >= 4 is 47.4 Å². The molecule has 0 atom stereocenters. The van der Waals surface area contributed by atoms with Crippen molar-refractivity contribution in [2.75, 3.05) is 0 Å². The van der Waals surface area contributed by atoms with Gasteiger partial charge in [-0.05, 0) is 98.6 Å². The van der Waals surface area contributed by atoms with E-state index in [1.807, 2.05) is 11.3 Å². The van der Waals surface area contributed by atoms with Crippen LogP contribution in [-0.2, 0) is 0 Å². The molecule has 2 heteroatoms. The van der Waals surface area contributed by atoms with E-state index in [1.54, 1.807) is 0 Å². The molecular weight excluding hydrogens is 616 g/mol. The van der Waals surface area contributed by atoms with Gasteiger partial charge < -0.3 is 0 Å². The number of hydrogen-bond acceptors (Lipinski definition) is 1. The molecule has 8 aromatic rings. The number of thiophene rings is 1. The topological polar surface area (TPSA) is 0 Å². The number of hydrogen-bond donors (Lipinski definition) is 0. The average molecular weight is 644 g/mol. The van der Waals surface area contributed by atoms with E-state index in [-0.39, 0.29) is 0 Å². The summed E-state index contributed by atoms with van der Waals surface area (Å²) in [4.78, 5) is 0. The van der Waals surface area contributed by atoms with Crippen molar-refractivity contribution in [3.8, 4) is 55.6 Å². The van der Waals surface area contributed by atoms with Crippen LogP contribution in [0.3, 0.4) is 0 Å². The van der Waals surface area contributed by atoms with Crippen LogP contribution >= 0.6 is 27.3 Å². The van der Waals surface area contributed by atoms with Gasteiger partial charge in [0.2, 0.25) is 0 Å². The Hall–Kier alpha value is -4.76. The van der Waals surface area contributed by atoms with Crippen LogP contribution in [0, 0.1) is 0 Å². The molecule has 1 aromatic heterocycles. The lowest BCUT2D eigenvalue weighted by Crippen LogP contribution is -1.85. The predicted molar refractivity (Wildman–Crippen MR) is 194 cm³/mol. The molecule has 0 saturated heterocycles. The summed E-state index contributed by atoms with van der Waals surface area (Å²) in [5.74, 6) is 0. The summed E-state index contributed by atoms with van der Waals surface area (Å²) < 4.78 is 3.70. The van der Waals surface area contributed by atoms with E-state index < -0.39 is 0 Å². The van der Waals surface area contributed by atoms with Gasteiger partial charge in [0.1, 0.15) is 0 Å². The van der Waals surface area contributed by atoms with Crippen molar-refractivity contribution in [2.24, 2.45) is 0 Å². The molecule has 0 aliphatic heterocycles. The molecule has 0 unspecified atom stereocenters. The van der Waals surface area contributed by atoms with Crippen LogP contribution in [0.5, 0.6) is 0 Å². The van der Waals surface area contributed by atoms with Crippen LogP contribution in [0.15, 0.2) is 168 Å². The second-order valence-corrected chi connectivity index (χ2v) is 13.1. The largest absolute Gasteiger partial charge is 0.135 e. The Kier molecular flexibility index (Phi) is 6.95. The minimum absolute atomic E-state index is 1.08. The van der Waals surface area contributed by atoms with Crippen LogP contribution in [-0.4, -0.2) is 0 Å². The van der Waals surface area contributed by atoms with Crippen LogP contribution in [0.4, 0.5) is 0 Å². The van der Waals surface area contributed by atoms with E-state index in [1.165, 1.54) is 75.8 Å². The fraction of sp³-hybridized carbons (Fsp3) is 0. The molecule has 0 bridgehead atoms. The van der Waals surface area contributed by atoms with Gasteiger partial charge in [-0.1, -0.05) is 131 Å². The van der Waals surface area contributed by atoms with Crippen LogP contribution in [0.25, 0.3) is 75.8 Å². The third-order valence-corrected chi connectivity index (χ3v) is 10.0. The van der Waals surface area contributed by atoms with Gasteiger partial charge in [0, 0.05) is 30.2 Å². The molecular formula is C42H27BrS. The maximum Gasteiger partial charge on any atom is 0.0434 e. The standard InChI is InChI=1S/C42H27BrS/c43-37-19-9-18-35(24-37)38-26-36(33-17-8-15-31(23-33)29-12-5-2-6-13-29)27-40-39-25-34(20-21-41(39)44-42(38)40)32-16-7-14-30(22-32)28-10-3-1-4-11-28/h1-27H. The summed E-state index contributed by atoms with van der Waals surface area (Å²) in [6.07, 6.45) is 0. The van der Waals surface area contributed by atoms with Gasteiger partial charge in [-0.3, -0.25) is 0 Å². The summed E-state index contributed by atoms with van der Waals surface area (Å²) in [6, 6.07) is 59.4. The SMILES string of the molecule is Brc1cccc(-c2cc(-c3cccc(-c4ccccc4)c3)cc3c2sc2ccc(-c4cccc(-c5ccccc5)c4)cc23)c1. The van der Waals surface area contributed by atoms with Crippen LogP contribution in [0.1, 0.15) is 0 Å². The summed E-state index contributed by atoms with van der Waals surface area (Å²) in [5.41, 5.74) is 12.3. The highest BCUT2D eigenvalue weighted by Crippen LogP contribution is 2.44. The first kappa shape index (κ1) is 26.8. The maximum atomic E-state index is 3.72. The van der Waals surface area contributed by atoms with Crippen molar-refractivity contribution in [3.05, 3.63) is 168 Å². The highest BCUT2D eigenvalue weighted by atomic mass is 79.9. The molecule has 0 aliphatic rings. The zero-order chi connectivity index (χ0) is 29.5. The monoisotopic (exact) mass is 642 g/mol. The summed E-state index contributed by atoms with van der Waals surface area (Å²) in [6.45, 7) is 0. The van der Waals surface area contributed by atoms with E-state index >= 15 is 0 Å². The molecule has 1 heterocycles. The fourth-order valence-corrected chi connectivity index (χ4v) is 7.71. The molecule has 7 aromatic carbocycles. The minimum atomic E-state index is 1.08. The maximum absolute atomic E-state index is 3.72. The van der Waals surface area contributed by atoms with E-state index in [4.69, 9.17) is 0 Å². The molecule has 0 nitrogen and oxygen atoms in total. The fourth-order valence-electron chi connectivity index (χ4n) is 6.11. The number of halogens is 1. The molecule has 0 saturated carbocycles. The van der Waals surface area contributed by atoms with E-state index in [9.17, 15) is 0 Å². The van der Waals surface area contributed by atoms with E-state index in [0.717, 1.165) is 4.47 Å². The lowest BCUT2D eigenvalue weighted by Gasteiger charge is -2.11. The molecule has 0 fully saturated rings. The first-order valence-electron chi connectivity index (χ1n) is 14.8. The molecule has 0 spiro atoms. The molecule has 208 valence electrons. The predicted octanol–water partition coefficient (Wildman–Crippen LogP) is 13.2. The Bertz CT molecular complexity index is 2280. The van der Waals surface area contributed by atoms with Crippen molar-refractivity contribution in [1.29, 1.82) is 0 Å². The van der Waals surface area contributed by atoms with Crippen molar-refractivity contribution in [3.63, 3.8) is 0 Å². The van der Waals surface area contributed by atoms with Gasteiger partial charge in [0.05, 0.1) is 0 Å². The number of rotatable bonds is 5. The first-order chi connectivity index (χ1) is 21.7. The van der Waals surface area contributed by atoms with Crippen molar-refractivity contribution < 1.29 is 0 Å². The van der Waals surface area contributed by atoms with Crippen LogP contribution in [0.2, 0.25) is 0 Å². The van der Waals surface area contributed by atoms with Gasteiger partial charge >= 0.3 is 0 Å². The van der Waals surface area contributed by atoms with Gasteiger partial charge in [0.25, 0.3) is 0 Å². The van der Waals surface area contributed by atoms with Crippen molar-refractivity contribution in [1.82, 2.24) is 0 Å². The molecule has 0 N–H and O–H groups in total. The third-order valence-electron chi connectivity index (χ3n) is 8.31. The first-order valence-corrected chi connectivity index (χ1v) is 16.4. The van der Waals surface area contributed by atoms with Gasteiger partial charge in [-0.15, -0.1) is 11.3 Å². The van der Waals surface area contributed by atoms with Gasteiger partial charge in [0.15, 0.2) is 0 Å².